The van der Waals surface area contributed by atoms with Crippen molar-refractivity contribution in [1.29, 1.82) is 0 Å². The number of hydrogen-bond acceptors (Lipinski definition) is 2. The third kappa shape index (κ3) is 2.96. The van der Waals surface area contributed by atoms with Gasteiger partial charge in [-0.25, -0.2) is 0 Å². The Morgan fingerprint density at radius 2 is 2.07 bits per heavy atom. The van der Waals surface area contributed by atoms with Crippen LogP contribution in [0.3, 0.4) is 0 Å². The Bertz CT molecular complexity index is 356. The zero-order valence-corrected chi connectivity index (χ0v) is 9.37. The van der Waals surface area contributed by atoms with Gasteiger partial charge in [0.2, 0.25) is 5.12 Å². The molecule has 1 nitrogen and oxygen atoms in total. The van der Waals surface area contributed by atoms with E-state index >= 15 is 0 Å². The van der Waals surface area contributed by atoms with Gasteiger partial charge < -0.3 is 0 Å². The number of thioether (sulfide) groups is 1. The normalized spacial score (nSPS) is 20.1. The minimum absolute atomic E-state index is 0.187. The molecule has 0 bridgehead atoms. The van der Waals surface area contributed by atoms with E-state index < -0.39 is 0 Å². The van der Waals surface area contributed by atoms with Crippen molar-refractivity contribution < 1.29 is 4.79 Å². The lowest BCUT2D eigenvalue weighted by Gasteiger charge is -2.14. The van der Waals surface area contributed by atoms with E-state index in [0.717, 1.165) is 18.4 Å². The van der Waals surface area contributed by atoms with Crippen LogP contribution in [0.15, 0.2) is 42.5 Å². The molecule has 0 amide bonds. The maximum atomic E-state index is 11.8. The van der Waals surface area contributed by atoms with E-state index in [2.05, 4.69) is 12.2 Å². The second-order valence-corrected chi connectivity index (χ2v) is 4.88. The fourth-order valence-electron chi connectivity index (χ4n) is 1.66. The molecule has 0 aromatic heterocycles. The van der Waals surface area contributed by atoms with E-state index in [1.165, 1.54) is 18.2 Å². The summed E-state index contributed by atoms with van der Waals surface area (Å²) < 4.78 is 0. The fraction of sp³-hybridized carbons (Fsp3) is 0.308. The van der Waals surface area contributed by atoms with Crippen molar-refractivity contribution in [2.24, 2.45) is 0 Å². The molecule has 0 spiro atoms. The molecule has 78 valence electrons. The van der Waals surface area contributed by atoms with Gasteiger partial charge in [-0.05, 0) is 19.3 Å². The smallest absolute Gasteiger partial charge is 0.219 e. The zero-order chi connectivity index (χ0) is 10.5. The predicted molar refractivity (Wildman–Crippen MR) is 65.1 cm³/mol. The minimum Gasteiger partial charge on any atom is -0.282 e. The van der Waals surface area contributed by atoms with E-state index in [1.54, 1.807) is 0 Å². The van der Waals surface area contributed by atoms with E-state index in [-0.39, 0.29) is 5.12 Å². The first-order chi connectivity index (χ1) is 7.36. The SMILES string of the molecule is O=C(S[C@@H]1C=CCCC1)c1ccccc1. The van der Waals surface area contributed by atoms with Gasteiger partial charge in [0, 0.05) is 10.8 Å². The number of carbonyl (C=O) groups excluding carboxylic acids is 1. The largest absolute Gasteiger partial charge is 0.282 e. The number of hydrogen-bond donors (Lipinski definition) is 0. The molecule has 0 heterocycles. The summed E-state index contributed by atoms with van der Waals surface area (Å²) in [4.78, 5) is 11.8. The molecule has 2 heteroatoms. The van der Waals surface area contributed by atoms with Gasteiger partial charge in [0.1, 0.15) is 0 Å². The van der Waals surface area contributed by atoms with Crippen molar-refractivity contribution >= 4 is 16.9 Å². The van der Waals surface area contributed by atoms with Crippen LogP contribution in [0.5, 0.6) is 0 Å². The van der Waals surface area contributed by atoms with Gasteiger partial charge in [-0.2, -0.15) is 0 Å². The first-order valence-corrected chi connectivity index (χ1v) is 6.17. The molecule has 0 aliphatic heterocycles. The summed E-state index contributed by atoms with van der Waals surface area (Å²) in [5.74, 6) is 0. The van der Waals surface area contributed by atoms with Crippen molar-refractivity contribution in [3.05, 3.63) is 48.0 Å². The van der Waals surface area contributed by atoms with Crippen LogP contribution in [0.25, 0.3) is 0 Å². The van der Waals surface area contributed by atoms with Crippen LogP contribution in [0.4, 0.5) is 0 Å². The van der Waals surface area contributed by atoms with Crippen LogP contribution in [0.1, 0.15) is 29.6 Å². The molecule has 0 fully saturated rings. The molecule has 0 radical (unpaired) electrons. The molecule has 1 atom stereocenters. The van der Waals surface area contributed by atoms with Crippen LogP contribution in [0.2, 0.25) is 0 Å². The summed E-state index contributed by atoms with van der Waals surface area (Å²) in [6.07, 6.45) is 7.83. The fourth-order valence-corrected chi connectivity index (χ4v) is 2.68. The van der Waals surface area contributed by atoms with Crippen molar-refractivity contribution in [3.63, 3.8) is 0 Å². The summed E-state index contributed by atoms with van der Waals surface area (Å²) in [6, 6.07) is 9.50. The summed E-state index contributed by atoms with van der Waals surface area (Å²) >= 11 is 1.45. The first kappa shape index (κ1) is 10.5. The average Bonchev–Trinajstić information content (AvgIpc) is 2.31. The highest BCUT2D eigenvalue weighted by Gasteiger charge is 2.14. The molecule has 1 aliphatic carbocycles. The summed E-state index contributed by atoms with van der Waals surface area (Å²) in [7, 11) is 0. The molecular weight excluding hydrogens is 204 g/mol. The summed E-state index contributed by atoms with van der Waals surface area (Å²) in [6.45, 7) is 0. The lowest BCUT2D eigenvalue weighted by Crippen LogP contribution is -2.06. The molecule has 15 heavy (non-hydrogen) atoms. The van der Waals surface area contributed by atoms with Crippen LogP contribution in [0, 0.1) is 0 Å². The second-order valence-electron chi connectivity index (χ2n) is 3.67. The van der Waals surface area contributed by atoms with E-state index in [0.29, 0.717) is 5.25 Å². The molecule has 1 aromatic rings. The van der Waals surface area contributed by atoms with Gasteiger partial charge in [-0.1, -0.05) is 54.2 Å². The number of rotatable bonds is 2. The Balaban J connectivity index is 1.98. The highest BCUT2D eigenvalue weighted by molar-refractivity contribution is 8.14. The van der Waals surface area contributed by atoms with Crippen LogP contribution < -0.4 is 0 Å². The minimum atomic E-state index is 0.187. The van der Waals surface area contributed by atoms with Gasteiger partial charge in [-0.3, -0.25) is 4.79 Å². The van der Waals surface area contributed by atoms with Crippen LogP contribution in [-0.4, -0.2) is 10.4 Å². The van der Waals surface area contributed by atoms with E-state index in [1.807, 2.05) is 30.3 Å². The van der Waals surface area contributed by atoms with Gasteiger partial charge >= 0.3 is 0 Å². The Labute approximate surface area is 94.6 Å². The lowest BCUT2D eigenvalue weighted by atomic mass is 10.1. The van der Waals surface area contributed by atoms with Crippen LogP contribution in [-0.2, 0) is 0 Å². The van der Waals surface area contributed by atoms with Gasteiger partial charge in [0.05, 0.1) is 0 Å². The molecule has 0 saturated heterocycles. The molecule has 0 saturated carbocycles. The summed E-state index contributed by atoms with van der Waals surface area (Å²) in [5, 5.41) is 0.568. The Morgan fingerprint density at radius 3 is 2.73 bits per heavy atom. The molecule has 2 rings (SSSR count). The van der Waals surface area contributed by atoms with Gasteiger partial charge in [0.25, 0.3) is 0 Å². The van der Waals surface area contributed by atoms with Gasteiger partial charge in [0.15, 0.2) is 0 Å². The topological polar surface area (TPSA) is 17.1 Å². The highest BCUT2D eigenvalue weighted by Crippen LogP contribution is 2.26. The molecule has 0 N–H and O–H groups in total. The third-order valence-electron chi connectivity index (χ3n) is 2.48. The number of benzene rings is 1. The lowest BCUT2D eigenvalue weighted by molar-refractivity contribution is 0.108. The van der Waals surface area contributed by atoms with Crippen molar-refractivity contribution in [2.45, 2.75) is 24.5 Å². The monoisotopic (exact) mass is 218 g/mol. The van der Waals surface area contributed by atoms with E-state index in [4.69, 9.17) is 0 Å². The average molecular weight is 218 g/mol. The number of carbonyl (C=O) groups is 1. The second kappa shape index (κ2) is 5.17. The quantitative estimate of drug-likeness (QED) is 0.704. The molecule has 0 unspecified atom stereocenters. The third-order valence-corrected chi connectivity index (χ3v) is 3.62. The Morgan fingerprint density at radius 1 is 1.27 bits per heavy atom. The maximum Gasteiger partial charge on any atom is 0.219 e. The first-order valence-electron chi connectivity index (χ1n) is 5.29. The van der Waals surface area contributed by atoms with Crippen molar-refractivity contribution in [2.75, 3.05) is 0 Å². The standard InChI is InChI=1S/C13H14OS/c14-13(11-7-3-1-4-8-11)15-12-9-5-2-6-10-12/h1,3-5,7-9,12H,2,6,10H2/t12-/m1/s1. The Hall–Kier alpha value is -1.02. The maximum absolute atomic E-state index is 11.8. The molecule has 1 aromatic carbocycles. The summed E-state index contributed by atoms with van der Waals surface area (Å²) in [5.41, 5.74) is 0.807. The molecule has 1 aliphatic rings. The zero-order valence-electron chi connectivity index (χ0n) is 8.56. The van der Waals surface area contributed by atoms with Crippen molar-refractivity contribution in [1.82, 2.24) is 0 Å². The van der Waals surface area contributed by atoms with Crippen LogP contribution >= 0.6 is 11.8 Å². The van der Waals surface area contributed by atoms with Crippen molar-refractivity contribution in [3.8, 4) is 0 Å². The van der Waals surface area contributed by atoms with E-state index in [9.17, 15) is 4.79 Å². The molecular formula is C13H14OS. The number of allylic oxidation sites excluding steroid dienone is 1. The van der Waals surface area contributed by atoms with Gasteiger partial charge in [-0.15, -0.1) is 0 Å². The highest BCUT2D eigenvalue weighted by atomic mass is 32.2. The Kier molecular flexibility index (Phi) is 3.62. The predicted octanol–water partition coefficient (Wildman–Crippen LogP) is 3.67.